The number of aliphatic hydroxyl groups excluding tert-OH is 1. The summed E-state index contributed by atoms with van der Waals surface area (Å²) in [5.74, 6) is -0.269. The Morgan fingerprint density at radius 2 is 1.95 bits per heavy atom. The lowest BCUT2D eigenvalue weighted by Crippen LogP contribution is -2.55. The molecule has 0 radical (unpaired) electrons. The van der Waals surface area contributed by atoms with Gasteiger partial charge in [-0.25, -0.2) is 0 Å². The van der Waals surface area contributed by atoms with Gasteiger partial charge in [-0.1, -0.05) is 6.08 Å². The van der Waals surface area contributed by atoms with Crippen LogP contribution in [0.2, 0.25) is 0 Å². The fourth-order valence-corrected chi connectivity index (χ4v) is 2.38. The van der Waals surface area contributed by atoms with Gasteiger partial charge in [-0.15, -0.1) is 6.58 Å². The van der Waals surface area contributed by atoms with E-state index >= 15 is 0 Å². The van der Waals surface area contributed by atoms with Crippen LogP contribution in [-0.2, 0) is 9.59 Å². The topological polar surface area (TPSA) is 72.9 Å². The predicted octanol–water partition coefficient (Wildman–Crippen LogP) is -0.408. The van der Waals surface area contributed by atoms with Crippen molar-refractivity contribution in [1.82, 2.24) is 15.1 Å². The van der Waals surface area contributed by atoms with Crippen LogP contribution in [-0.4, -0.2) is 71.6 Å². The van der Waals surface area contributed by atoms with E-state index in [9.17, 15) is 14.7 Å². The first kappa shape index (κ1) is 16.7. The zero-order valence-electron chi connectivity index (χ0n) is 12.3. The molecule has 0 spiro atoms. The third-order valence-corrected chi connectivity index (χ3v) is 3.28. The lowest BCUT2D eigenvalue weighted by molar-refractivity contribution is -0.137. The van der Waals surface area contributed by atoms with Gasteiger partial charge in [0.05, 0.1) is 6.10 Å². The molecule has 1 rings (SSSR count). The van der Waals surface area contributed by atoms with E-state index in [0.717, 1.165) is 13.1 Å². The van der Waals surface area contributed by atoms with E-state index in [1.54, 1.807) is 17.9 Å². The van der Waals surface area contributed by atoms with Crippen LogP contribution in [0.5, 0.6) is 0 Å². The molecule has 0 aliphatic carbocycles. The van der Waals surface area contributed by atoms with Gasteiger partial charge < -0.3 is 15.3 Å². The number of nitrogens with zero attached hydrogens (tertiary/aromatic N) is 2. The van der Waals surface area contributed by atoms with Crippen molar-refractivity contribution in [2.45, 2.75) is 32.4 Å². The average molecular weight is 283 g/mol. The predicted molar refractivity (Wildman–Crippen MR) is 77.1 cm³/mol. The monoisotopic (exact) mass is 283 g/mol. The van der Waals surface area contributed by atoms with Gasteiger partial charge in [0.1, 0.15) is 6.04 Å². The first-order valence-electron chi connectivity index (χ1n) is 7.01. The fourth-order valence-electron chi connectivity index (χ4n) is 2.38. The normalized spacial score (nSPS) is 19.2. The Morgan fingerprint density at radius 3 is 2.40 bits per heavy atom. The number of aliphatic hydroxyl groups is 1. The van der Waals surface area contributed by atoms with Crippen molar-refractivity contribution < 1.29 is 14.7 Å². The Kier molecular flexibility index (Phi) is 6.67. The zero-order valence-corrected chi connectivity index (χ0v) is 12.3. The average Bonchev–Trinajstić information content (AvgIpc) is 2.37. The van der Waals surface area contributed by atoms with Gasteiger partial charge in [-0.2, -0.15) is 0 Å². The molecule has 1 fully saturated rings. The molecule has 1 heterocycles. The summed E-state index contributed by atoms with van der Waals surface area (Å²) in [7, 11) is 0. The summed E-state index contributed by atoms with van der Waals surface area (Å²) >= 11 is 0. The van der Waals surface area contributed by atoms with E-state index in [1.807, 2.05) is 0 Å². The van der Waals surface area contributed by atoms with Crippen molar-refractivity contribution in [3.63, 3.8) is 0 Å². The largest absolute Gasteiger partial charge is 0.392 e. The fraction of sp³-hybridized carbons (Fsp3) is 0.714. The van der Waals surface area contributed by atoms with Crippen LogP contribution in [0.3, 0.4) is 0 Å². The number of nitrogens with one attached hydrogen (secondary N) is 1. The number of carbonyl (C=O) groups excluding carboxylic acids is 2. The van der Waals surface area contributed by atoms with Crippen molar-refractivity contribution in [3.8, 4) is 0 Å². The maximum atomic E-state index is 12.3. The second-order valence-electron chi connectivity index (χ2n) is 5.25. The number of amides is 2. The number of hydrogen-bond donors (Lipinski definition) is 2. The van der Waals surface area contributed by atoms with E-state index < -0.39 is 6.04 Å². The molecule has 6 heteroatoms. The minimum Gasteiger partial charge on any atom is -0.392 e. The summed E-state index contributed by atoms with van der Waals surface area (Å²) in [6, 6.07) is -0.520. The Labute approximate surface area is 120 Å². The summed E-state index contributed by atoms with van der Waals surface area (Å²) in [6.45, 7) is 10.2. The smallest absolute Gasteiger partial charge is 0.245 e. The number of rotatable bonds is 6. The maximum absolute atomic E-state index is 12.3. The van der Waals surface area contributed by atoms with Crippen LogP contribution in [0.4, 0.5) is 0 Å². The van der Waals surface area contributed by atoms with Crippen molar-refractivity contribution in [3.05, 3.63) is 12.7 Å². The standard InChI is InChI=1S/C14H25N3O3/c1-4-5-13(15-12(3)19)14(20)17-8-6-16(7-9-17)10-11(2)18/h4,11,13,18H,1,5-10H2,2-3H3,(H,15,19)/t11-,13+/m1/s1. The minimum absolute atomic E-state index is 0.0585. The summed E-state index contributed by atoms with van der Waals surface area (Å²) in [6.07, 6.45) is 1.72. The summed E-state index contributed by atoms with van der Waals surface area (Å²) in [5, 5.41) is 12.0. The quantitative estimate of drug-likeness (QED) is 0.650. The molecule has 2 atom stereocenters. The third kappa shape index (κ3) is 5.30. The van der Waals surface area contributed by atoms with Gasteiger partial charge >= 0.3 is 0 Å². The molecule has 0 aromatic rings. The number of piperazine rings is 1. The SMILES string of the molecule is C=CC[C@H](NC(C)=O)C(=O)N1CCN(C[C@@H](C)O)CC1. The van der Waals surface area contributed by atoms with Crippen LogP contribution < -0.4 is 5.32 Å². The first-order chi connectivity index (χ1) is 9.43. The van der Waals surface area contributed by atoms with E-state index in [4.69, 9.17) is 0 Å². The highest BCUT2D eigenvalue weighted by molar-refractivity contribution is 5.87. The Bertz CT molecular complexity index is 350. The highest BCUT2D eigenvalue weighted by Crippen LogP contribution is 2.07. The number of carbonyl (C=O) groups is 2. The van der Waals surface area contributed by atoms with E-state index in [0.29, 0.717) is 26.1 Å². The third-order valence-electron chi connectivity index (χ3n) is 3.28. The molecule has 1 aliphatic rings. The summed E-state index contributed by atoms with van der Waals surface area (Å²) in [5.41, 5.74) is 0. The van der Waals surface area contributed by atoms with E-state index in [-0.39, 0.29) is 17.9 Å². The molecule has 0 bridgehead atoms. The maximum Gasteiger partial charge on any atom is 0.245 e. The summed E-state index contributed by atoms with van der Waals surface area (Å²) < 4.78 is 0. The van der Waals surface area contributed by atoms with Crippen molar-refractivity contribution in [2.24, 2.45) is 0 Å². The zero-order chi connectivity index (χ0) is 15.1. The van der Waals surface area contributed by atoms with Gasteiger partial charge in [-0.3, -0.25) is 14.5 Å². The van der Waals surface area contributed by atoms with E-state index in [1.165, 1.54) is 6.92 Å². The lowest BCUT2D eigenvalue weighted by Gasteiger charge is -2.36. The number of hydrogen-bond acceptors (Lipinski definition) is 4. The lowest BCUT2D eigenvalue weighted by atomic mass is 10.1. The highest BCUT2D eigenvalue weighted by Gasteiger charge is 2.27. The van der Waals surface area contributed by atoms with Crippen LogP contribution in [0.15, 0.2) is 12.7 Å². The minimum atomic E-state index is -0.520. The summed E-state index contributed by atoms with van der Waals surface area (Å²) in [4.78, 5) is 27.4. The van der Waals surface area contributed by atoms with Crippen LogP contribution in [0.25, 0.3) is 0 Å². The Hall–Kier alpha value is -1.40. The van der Waals surface area contributed by atoms with Crippen LogP contribution >= 0.6 is 0 Å². The van der Waals surface area contributed by atoms with Gasteiger partial charge in [-0.05, 0) is 13.3 Å². The van der Waals surface area contributed by atoms with Crippen LogP contribution in [0, 0.1) is 0 Å². The Balaban J connectivity index is 2.51. The van der Waals surface area contributed by atoms with Crippen molar-refractivity contribution in [2.75, 3.05) is 32.7 Å². The molecule has 6 nitrogen and oxygen atoms in total. The first-order valence-corrected chi connectivity index (χ1v) is 7.01. The van der Waals surface area contributed by atoms with Crippen molar-refractivity contribution >= 4 is 11.8 Å². The molecule has 0 aromatic carbocycles. The molecule has 0 unspecified atom stereocenters. The molecule has 1 saturated heterocycles. The molecule has 2 amide bonds. The van der Waals surface area contributed by atoms with Crippen molar-refractivity contribution in [1.29, 1.82) is 0 Å². The molecule has 0 saturated carbocycles. The second kappa shape index (κ2) is 8.01. The molecule has 20 heavy (non-hydrogen) atoms. The van der Waals surface area contributed by atoms with Crippen LogP contribution in [0.1, 0.15) is 20.3 Å². The molecular formula is C14H25N3O3. The highest BCUT2D eigenvalue weighted by atomic mass is 16.3. The molecule has 0 aromatic heterocycles. The van der Waals surface area contributed by atoms with Gasteiger partial charge in [0.2, 0.25) is 11.8 Å². The van der Waals surface area contributed by atoms with E-state index in [2.05, 4.69) is 16.8 Å². The van der Waals surface area contributed by atoms with Gasteiger partial charge in [0.15, 0.2) is 0 Å². The molecule has 114 valence electrons. The Morgan fingerprint density at radius 1 is 1.35 bits per heavy atom. The second-order valence-corrected chi connectivity index (χ2v) is 5.25. The molecule has 2 N–H and O–H groups in total. The van der Waals surface area contributed by atoms with Gasteiger partial charge in [0, 0.05) is 39.6 Å². The van der Waals surface area contributed by atoms with Gasteiger partial charge in [0.25, 0.3) is 0 Å². The molecular weight excluding hydrogens is 258 g/mol. The number of β-amino-alcohol motifs (C(OH)–C–C–N with tert-alkyl or cyclic N) is 1. The molecule has 1 aliphatic heterocycles.